The molecule has 0 unspecified atom stereocenters. The molecule has 0 aromatic heterocycles. The number of amides is 1. The Morgan fingerprint density at radius 2 is 1.91 bits per heavy atom. The molecule has 2 rings (SSSR count). The highest BCUT2D eigenvalue weighted by atomic mass is 32.2. The van der Waals surface area contributed by atoms with Crippen LogP contribution in [0.4, 0.5) is 5.69 Å². The molecule has 1 N–H and O–H groups in total. The molecule has 1 amide bonds. The first-order valence-electron chi connectivity index (χ1n) is 6.88. The number of para-hydroxylation sites is 2. The van der Waals surface area contributed by atoms with Crippen LogP contribution in [0.25, 0.3) is 6.08 Å². The third-order valence-electron chi connectivity index (χ3n) is 3.15. The van der Waals surface area contributed by atoms with Gasteiger partial charge in [0, 0.05) is 4.90 Å². The predicted octanol–water partition coefficient (Wildman–Crippen LogP) is 3.96. The van der Waals surface area contributed by atoms with Gasteiger partial charge >= 0.3 is 0 Å². The molecule has 0 heterocycles. The van der Waals surface area contributed by atoms with Crippen LogP contribution in [0.3, 0.4) is 0 Å². The van der Waals surface area contributed by atoms with Crippen LogP contribution in [-0.4, -0.2) is 19.3 Å². The SMILES string of the molecule is COc1ccccc1NC(=O)/C(C#N)=C/c1ccc(SC)cc1. The largest absolute Gasteiger partial charge is 0.495 e. The highest BCUT2D eigenvalue weighted by Crippen LogP contribution is 2.24. The third-order valence-corrected chi connectivity index (χ3v) is 3.89. The number of nitrogens with zero attached hydrogens (tertiary/aromatic N) is 1. The summed E-state index contributed by atoms with van der Waals surface area (Å²) >= 11 is 1.64. The lowest BCUT2D eigenvalue weighted by molar-refractivity contribution is -0.112. The average molecular weight is 324 g/mol. The van der Waals surface area contributed by atoms with Gasteiger partial charge in [0.05, 0.1) is 12.8 Å². The second-order valence-corrected chi connectivity index (χ2v) is 5.48. The van der Waals surface area contributed by atoms with E-state index in [0.29, 0.717) is 11.4 Å². The summed E-state index contributed by atoms with van der Waals surface area (Å²) in [6, 6.07) is 16.6. The van der Waals surface area contributed by atoms with Crippen molar-refractivity contribution < 1.29 is 9.53 Å². The Balaban J connectivity index is 2.21. The first-order chi connectivity index (χ1) is 11.2. The second-order valence-electron chi connectivity index (χ2n) is 4.60. The number of nitriles is 1. The Morgan fingerprint density at radius 1 is 1.22 bits per heavy atom. The molecule has 0 fully saturated rings. The summed E-state index contributed by atoms with van der Waals surface area (Å²) in [7, 11) is 1.53. The maximum absolute atomic E-state index is 12.3. The maximum Gasteiger partial charge on any atom is 0.266 e. The molecule has 0 bridgehead atoms. The Labute approximate surface area is 139 Å². The van der Waals surface area contributed by atoms with Gasteiger partial charge in [0.1, 0.15) is 17.4 Å². The van der Waals surface area contributed by atoms with E-state index in [-0.39, 0.29) is 5.57 Å². The van der Waals surface area contributed by atoms with Crippen molar-refractivity contribution in [3.05, 3.63) is 59.7 Å². The van der Waals surface area contributed by atoms with E-state index in [1.165, 1.54) is 7.11 Å². The second kappa shape index (κ2) is 8.06. The van der Waals surface area contributed by atoms with Gasteiger partial charge in [0.25, 0.3) is 5.91 Å². The Bertz CT molecular complexity index is 761. The predicted molar refractivity (Wildman–Crippen MR) is 93.4 cm³/mol. The van der Waals surface area contributed by atoms with Crippen LogP contribution in [-0.2, 0) is 4.79 Å². The molecule has 0 atom stereocenters. The van der Waals surface area contributed by atoms with Crippen LogP contribution < -0.4 is 10.1 Å². The average Bonchev–Trinajstić information content (AvgIpc) is 2.60. The molecule has 0 aliphatic carbocycles. The van der Waals surface area contributed by atoms with Crippen LogP contribution in [0.2, 0.25) is 0 Å². The zero-order valence-corrected chi connectivity index (χ0v) is 13.7. The number of hydrogen-bond acceptors (Lipinski definition) is 4. The standard InChI is InChI=1S/C18H16N2O2S/c1-22-17-6-4-3-5-16(17)20-18(21)14(12-19)11-13-7-9-15(23-2)10-8-13/h3-11H,1-2H3,(H,20,21)/b14-11+. The summed E-state index contributed by atoms with van der Waals surface area (Å²) < 4.78 is 5.18. The van der Waals surface area contributed by atoms with Gasteiger partial charge in [-0.2, -0.15) is 5.26 Å². The number of thioether (sulfide) groups is 1. The van der Waals surface area contributed by atoms with Crippen molar-refractivity contribution in [3.8, 4) is 11.8 Å². The van der Waals surface area contributed by atoms with Crippen molar-refractivity contribution in [2.24, 2.45) is 0 Å². The molecule has 0 aliphatic heterocycles. The number of benzene rings is 2. The summed E-state index contributed by atoms with van der Waals surface area (Å²) in [5.41, 5.74) is 1.36. The highest BCUT2D eigenvalue weighted by Gasteiger charge is 2.12. The van der Waals surface area contributed by atoms with Gasteiger partial charge in [0.15, 0.2) is 0 Å². The lowest BCUT2D eigenvalue weighted by Gasteiger charge is -2.09. The van der Waals surface area contributed by atoms with E-state index in [9.17, 15) is 10.1 Å². The molecule has 0 aliphatic rings. The minimum atomic E-state index is -0.467. The first-order valence-corrected chi connectivity index (χ1v) is 8.10. The fraction of sp³-hybridized carbons (Fsp3) is 0.111. The van der Waals surface area contributed by atoms with E-state index < -0.39 is 5.91 Å². The molecule has 23 heavy (non-hydrogen) atoms. The van der Waals surface area contributed by atoms with Crippen LogP contribution in [0.5, 0.6) is 5.75 Å². The van der Waals surface area contributed by atoms with Crippen LogP contribution >= 0.6 is 11.8 Å². The molecule has 0 saturated heterocycles. The molecule has 0 spiro atoms. The van der Waals surface area contributed by atoms with E-state index in [1.807, 2.05) is 42.7 Å². The summed E-state index contributed by atoms with van der Waals surface area (Å²) in [4.78, 5) is 13.4. The number of hydrogen-bond donors (Lipinski definition) is 1. The van der Waals surface area contributed by atoms with Gasteiger partial charge in [0.2, 0.25) is 0 Å². The van der Waals surface area contributed by atoms with Gasteiger partial charge in [-0.3, -0.25) is 4.79 Å². The zero-order valence-electron chi connectivity index (χ0n) is 12.9. The van der Waals surface area contributed by atoms with Gasteiger partial charge in [-0.25, -0.2) is 0 Å². The molecule has 0 radical (unpaired) electrons. The highest BCUT2D eigenvalue weighted by molar-refractivity contribution is 7.98. The Kier molecular flexibility index (Phi) is 5.84. The molecule has 0 saturated carbocycles. The minimum absolute atomic E-state index is 0.0350. The molecule has 2 aromatic rings. The van der Waals surface area contributed by atoms with Gasteiger partial charge in [-0.05, 0) is 42.2 Å². The lowest BCUT2D eigenvalue weighted by Crippen LogP contribution is -2.14. The molecular weight excluding hydrogens is 308 g/mol. The van der Waals surface area contributed by atoms with Gasteiger partial charge < -0.3 is 10.1 Å². The topological polar surface area (TPSA) is 62.1 Å². The van der Waals surface area contributed by atoms with Crippen molar-refractivity contribution >= 4 is 29.4 Å². The quantitative estimate of drug-likeness (QED) is 0.514. The molecule has 2 aromatic carbocycles. The van der Waals surface area contributed by atoms with Crippen LogP contribution in [0.1, 0.15) is 5.56 Å². The summed E-state index contributed by atoms with van der Waals surface area (Å²) in [6.45, 7) is 0. The number of carbonyl (C=O) groups excluding carboxylic acids is 1. The van der Waals surface area contributed by atoms with E-state index in [0.717, 1.165) is 10.5 Å². The lowest BCUT2D eigenvalue weighted by atomic mass is 10.1. The number of ether oxygens (including phenoxy) is 1. The zero-order chi connectivity index (χ0) is 16.7. The molecule has 116 valence electrons. The number of carbonyl (C=O) groups is 1. The van der Waals surface area contributed by atoms with Crippen molar-refractivity contribution in [1.29, 1.82) is 5.26 Å². The van der Waals surface area contributed by atoms with E-state index in [4.69, 9.17) is 4.74 Å². The van der Waals surface area contributed by atoms with Gasteiger partial charge in [-0.15, -0.1) is 11.8 Å². The monoisotopic (exact) mass is 324 g/mol. The first kappa shape index (κ1) is 16.7. The smallest absolute Gasteiger partial charge is 0.266 e. The van der Waals surface area contributed by atoms with Crippen molar-refractivity contribution in [2.45, 2.75) is 4.90 Å². The van der Waals surface area contributed by atoms with Crippen molar-refractivity contribution in [1.82, 2.24) is 0 Å². The fourth-order valence-corrected chi connectivity index (χ4v) is 2.36. The number of anilines is 1. The molecule has 4 nitrogen and oxygen atoms in total. The Morgan fingerprint density at radius 3 is 2.52 bits per heavy atom. The number of nitrogens with one attached hydrogen (secondary N) is 1. The molecular formula is C18H16N2O2S. The Hall–Kier alpha value is -2.71. The van der Waals surface area contributed by atoms with Crippen LogP contribution in [0.15, 0.2) is 59.0 Å². The summed E-state index contributed by atoms with van der Waals surface area (Å²) in [5.74, 6) is 0.0772. The number of rotatable bonds is 5. The maximum atomic E-state index is 12.3. The summed E-state index contributed by atoms with van der Waals surface area (Å²) in [6.07, 6.45) is 3.56. The van der Waals surface area contributed by atoms with E-state index >= 15 is 0 Å². The van der Waals surface area contributed by atoms with Crippen LogP contribution in [0, 0.1) is 11.3 Å². The molecule has 5 heteroatoms. The third kappa shape index (κ3) is 4.38. The normalized spacial score (nSPS) is 10.7. The van der Waals surface area contributed by atoms with Crippen molar-refractivity contribution in [3.63, 3.8) is 0 Å². The summed E-state index contributed by atoms with van der Waals surface area (Å²) in [5, 5.41) is 11.9. The van der Waals surface area contributed by atoms with Gasteiger partial charge in [-0.1, -0.05) is 24.3 Å². The van der Waals surface area contributed by atoms with Crippen molar-refractivity contribution in [2.75, 3.05) is 18.7 Å². The minimum Gasteiger partial charge on any atom is -0.495 e. The van der Waals surface area contributed by atoms with E-state index in [1.54, 1.807) is 36.0 Å². The number of methoxy groups -OCH3 is 1. The van der Waals surface area contributed by atoms with E-state index in [2.05, 4.69) is 5.32 Å². The fourth-order valence-electron chi connectivity index (χ4n) is 1.95.